The third kappa shape index (κ3) is 4.37. The number of hydrogen-bond donors (Lipinski definition) is 3. The summed E-state index contributed by atoms with van der Waals surface area (Å²) >= 11 is 0. The summed E-state index contributed by atoms with van der Waals surface area (Å²) in [5.41, 5.74) is 0.0495. The number of methoxy groups -OCH3 is 2. The van der Waals surface area contributed by atoms with Crippen LogP contribution in [-0.2, 0) is 9.59 Å². The van der Waals surface area contributed by atoms with Crippen LogP contribution in [0.3, 0.4) is 0 Å². The van der Waals surface area contributed by atoms with E-state index in [4.69, 9.17) is 19.7 Å². The molecule has 0 radical (unpaired) electrons. The number of hydrogen-bond acceptors (Lipinski definition) is 5. The Hall–Kier alpha value is -2.77. The van der Waals surface area contributed by atoms with Gasteiger partial charge in [0.2, 0.25) is 0 Å². The van der Waals surface area contributed by atoms with Crippen molar-refractivity contribution in [1.29, 1.82) is 0 Å². The average molecular weight is 297 g/mol. The molecule has 1 aromatic rings. The molecule has 21 heavy (non-hydrogen) atoms. The summed E-state index contributed by atoms with van der Waals surface area (Å²) in [5.74, 6) is -2.94. The van der Waals surface area contributed by atoms with Gasteiger partial charge in [0.25, 0.3) is 5.91 Å². The fraction of sp³-hybridized carbons (Fsp3) is 0.308. The molecule has 114 valence electrons. The lowest BCUT2D eigenvalue weighted by atomic mass is 10.1. The highest BCUT2D eigenvalue weighted by Crippen LogP contribution is 2.23. The molecule has 1 aromatic carbocycles. The van der Waals surface area contributed by atoms with Gasteiger partial charge in [0.15, 0.2) is 0 Å². The molecule has 1 rings (SSSR count). The highest BCUT2D eigenvalue weighted by Gasteiger charge is 2.25. The molecule has 0 aliphatic heterocycles. The van der Waals surface area contributed by atoms with Gasteiger partial charge in [0, 0.05) is 0 Å². The van der Waals surface area contributed by atoms with Crippen LogP contribution in [0.1, 0.15) is 16.8 Å². The smallest absolute Gasteiger partial charge is 0.326 e. The van der Waals surface area contributed by atoms with Crippen LogP contribution in [0.5, 0.6) is 11.5 Å². The van der Waals surface area contributed by atoms with Crippen molar-refractivity contribution in [2.75, 3.05) is 14.2 Å². The monoisotopic (exact) mass is 297 g/mol. The van der Waals surface area contributed by atoms with Crippen LogP contribution in [0.15, 0.2) is 18.2 Å². The first kappa shape index (κ1) is 16.3. The summed E-state index contributed by atoms with van der Waals surface area (Å²) in [6.07, 6.45) is -0.729. The summed E-state index contributed by atoms with van der Waals surface area (Å²) in [4.78, 5) is 33.6. The van der Waals surface area contributed by atoms with Crippen molar-refractivity contribution in [1.82, 2.24) is 5.32 Å². The lowest BCUT2D eigenvalue weighted by Gasteiger charge is -2.14. The minimum absolute atomic E-state index is 0.0495. The Labute approximate surface area is 120 Å². The van der Waals surface area contributed by atoms with Crippen LogP contribution in [-0.4, -0.2) is 48.3 Å². The highest BCUT2D eigenvalue weighted by atomic mass is 16.5. The predicted molar refractivity (Wildman–Crippen MR) is 70.7 cm³/mol. The van der Waals surface area contributed by atoms with Crippen LogP contribution in [0.4, 0.5) is 0 Å². The van der Waals surface area contributed by atoms with Gasteiger partial charge in [-0.15, -0.1) is 0 Å². The number of rotatable bonds is 7. The molecule has 3 N–H and O–H groups in total. The van der Waals surface area contributed by atoms with Gasteiger partial charge >= 0.3 is 11.9 Å². The molecule has 0 spiro atoms. The number of carboxylic acid groups (broad SMARTS) is 2. The summed E-state index contributed by atoms with van der Waals surface area (Å²) < 4.78 is 9.98. The maximum atomic E-state index is 12.1. The van der Waals surface area contributed by atoms with Crippen molar-refractivity contribution in [2.24, 2.45) is 0 Å². The Morgan fingerprint density at radius 1 is 1.19 bits per heavy atom. The van der Waals surface area contributed by atoms with E-state index in [0.29, 0.717) is 5.75 Å². The number of carboxylic acids is 2. The van der Waals surface area contributed by atoms with E-state index in [1.54, 1.807) is 6.07 Å². The second-order valence-electron chi connectivity index (χ2n) is 4.03. The van der Waals surface area contributed by atoms with Crippen molar-refractivity contribution in [3.8, 4) is 11.5 Å². The third-order valence-corrected chi connectivity index (χ3v) is 2.63. The van der Waals surface area contributed by atoms with Gasteiger partial charge in [0.05, 0.1) is 26.2 Å². The first-order chi connectivity index (χ1) is 9.88. The number of nitrogens with one attached hydrogen (secondary N) is 1. The molecule has 0 aliphatic rings. The molecule has 8 nitrogen and oxygen atoms in total. The zero-order valence-electron chi connectivity index (χ0n) is 11.5. The molecule has 1 amide bonds. The summed E-state index contributed by atoms with van der Waals surface area (Å²) in [6.45, 7) is 0. The van der Waals surface area contributed by atoms with Gasteiger partial charge in [-0.3, -0.25) is 9.59 Å². The quantitative estimate of drug-likeness (QED) is 0.664. The number of benzene rings is 1. The normalized spacial score (nSPS) is 11.3. The number of ether oxygens (including phenoxy) is 2. The number of carbonyl (C=O) groups excluding carboxylic acids is 1. The fourth-order valence-corrected chi connectivity index (χ4v) is 1.60. The Bertz CT molecular complexity index is 555. The zero-order valence-corrected chi connectivity index (χ0v) is 11.5. The summed E-state index contributed by atoms with van der Waals surface area (Å²) in [6, 6.07) is 2.89. The van der Waals surface area contributed by atoms with Crippen LogP contribution in [0.25, 0.3) is 0 Å². The standard InChI is InChI=1S/C13H15NO7/c1-20-7-3-4-10(21-2)8(5-7)12(17)14-9(13(18)19)6-11(15)16/h3-5,9H,6H2,1-2H3,(H,14,17)(H,15,16)(H,18,19). The van der Waals surface area contributed by atoms with Crippen molar-refractivity contribution in [3.63, 3.8) is 0 Å². The predicted octanol–water partition coefficient (Wildman–Crippen LogP) is 0.361. The Morgan fingerprint density at radius 3 is 2.33 bits per heavy atom. The van der Waals surface area contributed by atoms with Crippen LogP contribution in [0, 0.1) is 0 Å². The Balaban J connectivity index is 3.01. The van der Waals surface area contributed by atoms with E-state index in [1.165, 1.54) is 26.4 Å². The van der Waals surface area contributed by atoms with E-state index >= 15 is 0 Å². The molecule has 0 saturated carbocycles. The van der Waals surface area contributed by atoms with Crippen molar-refractivity contribution < 1.29 is 34.1 Å². The van der Waals surface area contributed by atoms with Gasteiger partial charge < -0.3 is 25.0 Å². The molecule has 0 bridgehead atoms. The SMILES string of the molecule is COc1ccc(OC)c(C(=O)NC(CC(=O)O)C(=O)O)c1. The largest absolute Gasteiger partial charge is 0.497 e. The first-order valence-electron chi connectivity index (χ1n) is 5.86. The first-order valence-corrected chi connectivity index (χ1v) is 5.86. The lowest BCUT2D eigenvalue weighted by molar-refractivity contribution is -0.145. The minimum atomic E-state index is -1.54. The van der Waals surface area contributed by atoms with Crippen LogP contribution < -0.4 is 14.8 Å². The molecule has 0 heterocycles. The van der Waals surface area contributed by atoms with Gasteiger partial charge in [-0.1, -0.05) is 0 Å². The second kappa shape index (κ2) is 7.13. The molecule has 0 saturated heterocycles. The highest BCUT2D eigenvalue weighted by molar-refractivity contribution is 5.99. The number of carbonyl (C=O) groups is 3. The van der Waals surface area contributed by atoms with E-state index in [-0.39, 0.29) is 11.3 Å². The fourth-order valence-electron chi connectivity index (χ4n) is 1.60. The number of aliphatic carboxylic acids is 2. The van der Waals surface area contributed by atoms with Crippen LogP contribution in [0.2, 0.25) is 0 Å². The zero-order chi connectivity index (χ0) is 16.0. The topological polar surface area (TPSA) is 122 Å². The van der Waals surface area contributed by atoms with E-state index in [1.807, 2.05) is 0 Å². The van der Waals surface area contributed by atoms with Crippen molar-refractivity contribution in [2.45, 2.75) is 12.5 Å². The summed E-state index contributed by atoms with van der Waals surface area (Å²) in [7, 11) is 2.76. The summed E-state index contributed by atoms with van der Waals surface area (Å²) in [5, 5.41) is 19.7. The van der Waals surface area contributed by atoms with Gasteiger partial charge in [-0.05, 0) is 18.2 Å². The molecule has 1 unspecified atom stereocenters. The van der Waals surface area contributed by atoms with E-state index in [0.717, 1.165) is 0 Å². The van der Waals surface area contributed by atoms with E-state index < -0.39 is 30.3 Å². The maximum Gasteiger partial charge on any atom is 0.326 e. The molecule has 8 heteroatoms. The van der Waals surface area contributed by atoms with Gasteiger partial charge in [0.1, 0.15) is 17.5 Å². The third-order valence-electron chi connectivity index (χ3n) is 2.63. The number of amides is 1. The molecular formula is C13H15NO7. The van der Waals surface area contributed by atoms with Crippen LogP contribution >= 0.6 is 0 Å². The van der Waals surface area contributed by atoms with E-state index in [2.05, 4.69) is 5.32 Å². The Morgan fingerprint density at radius 2 is 1.86 bits per heavy atom. The molecule has 0 fully saturated rings. The molecule has 0 aromatic heterocycles. The second-order valence-corrected chi connectivity index (χ2v) is 4.03. The van der Waals surface area contributed by atoms with Crippen molar-refractivity contribution >= 4 is 17.8 Å². The van der Waals surface area contributed by atoms with Crippen molar-refractivity contribution in [3.05, 3.63) is 23.8 Å². The molecular weight excluding hydrogens is 282 g/mol. The molecule has 1 atom stereocenters. The average Bonchev–Trinajstić information content (AvgIpc) is 2.45. The Kier molecular flexibility index (Phi) is 5.53. The van der Waals surface area contributed by atoms with Gasteiger partial charge in [-0.2, -0.15) is 0 Å². The maximum absolute atomic E-state index is 12.1. The lowest BCUT2D eigenvalue weighted by Crippen LogP contribution is -2.42. The minimum Gasteiger partial charge on any atom is -0.497 e. The van der Waals surface area contributed by atoms with Gasteiger partial charge in [-0.25, -0.2) is 4.79 Å². The molecule has 0 aliphatic carbocycles. The van der Waals surface area contributed by atoms with E-state index in [9.17, 15) is 14.4 Å².